The lowest BCUT2D eigenvalue weighted by atomic mass is 10.0. The molecule has 5 nitrogen and oxygen atoms in total. The average molecular weight is 296 g/mol. The maximum absolute atomic E-state index is 11.5. The molecule has 1 aromatic carbocycles. The molecule has 5 heteroatoms. The maximum atomic E-state index is 11.5. The highest BCUT2D eigenvalue weighted by Gasteiger charge is 2.24. The molecular weight excluding hydrogens is 276 g/mol. The van der Waals surface area contributed by atoms with Crippen molar-refractivity contribution in [1.82, 2.24) is 14.9 Å². The van der Waals surface area contributed by atoms with Gasteiger partial charge in [-0.2, -0.15) is 0 Å². The van der Waals surface area contributed by atoms with E-state index in [4.69, 9.17) is 0 Å². The topological polar surface area (TPSA) is 58.1 Å². The molecule has 0 saturated heterocycles. The normalized spacial score (nSPS) is 12.2. The third-order valence-electron chi connectivity index (χ3n) is 3.92. The first-order chi connectivity index (χ1) is 10.6. The largest absolute Gasteiger partial charge is 0.368 e. The Balaban J connectivity index is 1.93. The van der Waals surface area contributed by atoms with Crippen molar-refractivity contribution in [2.75, 3.05) is 32.5 Å². The van der Waals surface area contributed by atoms with Gasteiger partial charge in [0.05, 0.1) is 5.69 Å². The van der Waals surface area contributed by atoms with Crippen LogP contribution in [-0.4, -0.2) is 47.8 Å². The third kappa shape index (κ3) is 2.72. The number of nitrogens with one attached hydrogen (secondary N) is 1. The third-order valence-corrected chi connectivity index (χ3v) is 3.92. The van der Waals surface area contributed by atoms with E-state index in [1.165, 1.54) is 0 Å². The molecule has 1 N–H and O–H groups in total. The molecular formula is C17H20N4O. The first-order valence-electron chi connectivity index (χ1n) is 7.43. The van der Waals surface area contributed by atoms with Crippen molar-refractivity contribution in [3.8, 4) is 11.1 Å². The Kier molecular flexibility index (Phi) is 3.90. The molecule has 1 aliphatic rings. The predicted octanol–water partition coefficient (Wildman–Crippen LogP) is 2.22. The quantitative estimate of drug-likeness (QED) is 0.732. The SMILES string of the molecule is CC(=O)c1ccc2c(c1)Cc1ncnc(NCCN(C)C)c1-2. The van der Waals surface area contributed by atoms with Crippen LogP contribution in [0, 0.1) is 0 Å². The Labute approximate surface area is 130 Å². The highest BCUT2D eigenvalue weighted by Crippen LogP contribution is 2.39. The summed E-state index contributed by atoms with van der Waals surface area (Å²) in [5.41, 5.74) is 5.14. The summed E-state index contributed by atoms with van der Waals surface area (Å²) in [7, 11) is 4.09. The summed E-state index contributed by atoms with van der Waals surface area (Å²) < 4.78 is 0. The van der Waals surface area contributed by atoms with Crippen LogP contribution >= 0.6 is 0 Å². The Hall–Kier alpha value is -2.27. The van der Waals surface area contributed by atoms with E-state index in [-0.39, 0.29) is 5.78 Å². The van der Waals surface area contributed by atoms with Gasteiger partial charge in [-0.3, -0.25) is 4.79 Å². The van der Waals surface area contributed by atoms with Gasteiger partial charge in [0, 0.05) is 30.6 Å². The van der Waals surface area contributed by atoms with Gasteiger partial charge in [-0.05, 0) is 38.2 Å². The van der Waals surface area contributed by atoms with E-state index in [1.54, 1.807) is 13.3 Å². The minimum atomic E-state index is 0.0918. The van der Waals surface area contributed by atoms with Gasteiger partial charge in [-0.15, -0.1) is 0 Å². The van der Waals surface area contributed by atoms with E-state index in [9.17, 15) is 4.79 Å². The number of ketones is 1. The minimum absolute atomic E-state index is 0.0918. The number of carbonyl (C=O) groups is 1. The molecule has 0 amide bonds. The maximum Gasteiger partial charge on any atom is 0.159 e. The molecule has 114 valence electrons. The van der Waals surface area contributed by atoms with E-state index >= 15 is 0 Å². The molecule has 2 aromatic rings. The summed E-state index contributed by atoms with van der Waals surface area (Å²) in [6.45, 7) is 3.37. The zero-order chi connectivity index (χ0) is 15.7. The van der Waals surface area contributed by atoms with Crippen LogP contribution in [0.3, 0.4) is 0 Å². The van der Waals surface area contributed by atoms with Crippen molar-refractivity contribution < 1.29 is 4.79 Å². The first-order valence-corrected chi connectivity index (χ1v) is 7.43. The van der Waals surface area contributed by atoms with Crippen molar-refractivity contribution in [3.05, 3.63) is 41.3 Å². The van der Waals surface area contributed by atoms with E-state index in [0.29, 0.717) is 0 Å². The summed E-state index contributed by atoms with van der Waals surface area (Å²) in [5, 5.41) is 3.39. The first kappa shape index (κ1) is 14.7. The van der Waals surface area contributed by atoms with Crippen molar-refractivity contribution in [2.45, 2.75) is 13.3 Å². The molecule has 3 rings (SSSR count). The van der Waals surface area contributed by atoms with Crippen molar-refractivity contribution in [2.24, 2.45) is 0 Å². The predicted molar refractivity (Wildman–Crippen MR) is 87.3 cm³/mol. The van der Waals surface area contributed by atoms with Gasteiger partial charge in [0.25, 0.3) is 0 Å². The number of carbonyl (C=O) groups excluding carboxylic acids is 1. The van der Waals surface area contributed by atoms with E-state index in [1.807, 2.05) is 32.3 Å². The molecule has 0 unspecified atom stereocenters. The van der Waals surface area contributed by atoms with Gasteiger partial charge in [-0.1, -0.05) is 12.1 Å². The standard InChI is InChI=1S/C17H20N4O/c1-11(22)12-4-5-14-13(8-12)9-15-16(14)17(20-10-19-15)18-6-7-21(2)3/h4-5,8,10H,6-7,9H2,1-3H3,(H,18,19,20). The van der Waals surface area contributed by atoms with Gasteiger partial charge in [0.2, 0.25) is 0 Å². The summed E-state index contributed by atoms with van der Waals surface area (Å²) in [6.07, 6.45) is 2.37. The summed E-state index contributed by atoms with van der Waals surface area (Å²) >= 11 is 0. The second-order valence-electron chi connectivity index (χ2n) is 5.88. The van der Waals surface area contributed by atoms with Crippen LogP contribution in [-0.2, 0) is 6.42 Å². The number of fused-ring (bicyclic) bond motifs is 3. The number of rotatable bonds is 5. The Morgan fingerprint density at radius 2 is 2.14 bits per heavy atom. The molecule has 0 bridgehead atoms. The second-order valence-corrected chi connectivity index (χ2v) is 5.88. The van der Waals surface area contributed by atoms with Gasteiger partial charge in [0.15, 0.2) is 5.78 Å². The molecule has 0 atom stereocenters. The van der Waals surface area contributed by atoms with Crippen molar-refractivity contribution in [3.63, 3.8) is 0 Å². The lowest BCUT2D eigenvalue weighted by molar-refractivity contribution is 0.101. The summed E-state index contributed by atoms with van der Waals surface area (Å²) in [5.74, 6) is 0.968. The van der Waals surface area contributed by atoms with E-state index in [0.717, 1.165) is 53.3 Å². The van der Waals surface area contributed by atoms with Crippen LogP contribution in [0.15, 0.2) is 24.5 Å². The van der Waals surface area contributed by atoms with Crippen LogP contribution in [0.25, 0.3) is 11.1 Å². The van der Waals surface area contributed by atoms with Crippen LogP contribution in [0.4, 0.5) is 5.82 Å². The van der Waals surface area contributed by atoms with E-state index < -0.39 is 0 Å². The highest BCUT2D eigenvalue weighted by atomic mass is 16.1. The number of likely N-dealkylation sites (N-methyl/N-ethyl adjacent to an activating group) is 1. The van der Waals surface area contributed by atoms with Gasteiger partial charge in [0.1, 0.15) is 12.1 Å². The zero-order valence-electron chi connectivity index (χ0n) is 13.2. The zero-order valence-corrected chi connectivity index (χ0v) is 13.2. The number of aromatic nitrogens is 2. The fourth-order valence-corrected chi connectivity index (χ4v) is 2.75. The average Bonchev–Trinajstić information content (AvgIpc) is 2.85. The lowest BCUT2D eigenvalue weighted by Crippen LogP contribution is -2.21. The fraction of sp³-hybridized carbons (Fsp3) is 0.353. The molecule has 0 radical (unpaired) electrons. The summed E-state index contributed by atoms with van der Waals surface area (Å²) in [6, 6.07) is 5.87. The Morgan fingerprint density at radius 1 is 1.32 bits per heavy atom. The summed E-state index contributed by atoms with van der Waals surface area (Å²) in [4.78, 5) is 22.5. The van der Waals surface area contributed by atoms with Crippen molar-refractivity contribution in [1.29, 1.82) is 0 Å². The Bertz CT molecular complexity index is 725. The highest BCUT2D eigenvalue weighted by molar-refractivity contribution is 5.96. The van der Waals surface area contributed by atoms with Crippen LogP contribution in [0.5, 0.6) is 0 Å². The van der Waals surface area contributed by atoms with Gasteiger partial charge in [-0.25, -0.2) is 9.97 Å². The molecule has 0 spiro atoms. The monoisotopic (exact) mass is 296 g/mol. The van der Waals surface area contributed by atoms with Crippen LogP contribution < -0.4 is 5.32 Å². The molecule has 0 aliphatic heterocycles. The number of benzene rings is 1. The minimum Gasteiger partial charge on any atom is -0.368 e. The number of nitrogens with zero attached hydrogens (tertiary/aromatic N) is 3. The van der Waals surface area contributed by atoms with Crippen LogP contribution in [0.2, 0.25) is 0 Å². The van der Waals surface area contributed by atoms with Gasteiger partial charge >= 0.3 is 0 Å². The van der Waals surface area contributed by atoms with E-state index in [2.05, 4.69) is 20.2 Å². The molecule has 0 saturated carbocycles. The van der Waals surface area contributed by atoms with Gasteiger partial charge < -0.3 is 10.2 Å². The number of anilines is 1. The number of Topliss-reactive ketones (excluding diaryl/α,β-unsaturated/α-hetero) is 1. The molecule has 1 aliphatic carbocycles. The number of hydrogen-bond donors (Lipinski definition) is 1. The Morgan fingerprint density at radius 3 is 2.86 bits per heavy atom. The molecule has 1 aromatic heterocycles. The van der Waals surface area contributed by atoms with Crippen LogP contribution in [0.1, 0.15) is 28.5 Å². The molecule has 0 fully saturated rings. The second kappa shape index (κ2) is 5.85. The fourth-order valence-electron chi connectivity index (χ4n) is 2.75. The number of hydrogen-bond acceptors (Lipinski definition) is 5. The lowest BCUT2D eigenvalue weighted by Gasteiger charge is -2.13. The van der Waals surface area contributed by atoms with Crippen molar-refractivity contribution >= 4 is 11.6 Å². The molecule has 22 heavy (non-hydrogen) atoms. The molecule has 1 heterocycles. The smallest absolute Gasteiger partial charge is 0.159 e.